The lowest BCUT2D eigenvalue weighted by Crippen LogP contribution is -2.12. The minimum atomic E-state index is 0.115. The monoisotopic (exact) mass is 588 g/mol. The third-order valence-corrected chi connectivity index (χ3v) is 7.24. The fourth-order valence-corrected chi connectivity index (χ4v) is 4.43. The number of carbonyl (C=O) groups is 2. The van der Waals surface area contributed by atoms with E-state index in [0.717, 1.165) is 59.9 Å². The minimum absolute atomic E-state index is 0.115. The van der Waals surface area contributed by atoms with Crippen LogP contribution >= 0.6 is 0 Å². The largest absolute Gasteiger partial charge is 0.402 e. The van der Waals surface area contributed by atoms with Crippen LogP contribution < -0.4 is 5.73 Å². The summed E-state index contributed by atoms with van der Waals surface area (Å²) in [5.74, 6) is 1.62. The van der Waals surface area contributed by atoms with Crippen LogP contribution in [0.15, 0.2) is 45.1 Å². The van der Waals surface area contributed by atoms with Gasteiger partial charge >= 0.3 is 0 Å². The normalized spacial score (nSPS) is 16.8. The number of ketones is 2. The number of unbranched alkanes of at least 4 members (excludes halogenated alkanes) is 1. The first-order valence-corrected chi connectivity index (χ1v) is 16.6. The first-order valence-electron chi connectivity index (χ1n) is 16.6. The second-order valence-electron chi connectivity index (χ2n) is 11.0. The smallest absolute Gasteiger partial charge is 0.156 e. The SMILES string of the molecule is CC.CC.CC(CCCCC1CCC1)N=C(/C=C(\N)C(C)C)C1=CC(=O)CC1.CCC/C(=C\C(COC)=NC)C(C)=O. The predicted octanol–water partition coefficient (Wildman–Crippen LogP) is 9.04. The second kappa shape index (κ2) is 26.3. The van der Waals surface area contributed by atoms with E-state index in [9.17, 15) is 9.59 Å². The maximum Gasteiger partial charge on any atom is 0.156 e. The van der Waals surface area contributed by atoms with Gasteiger partial charge in [-0.25, -0.2) is 0 Å². The zero-order valence-electron chi connectivity index (χ0n) is 29.1. The molecule has 0 radical (unpaired) electrons. The van der Waals surface area contributed by atoms with Crippen molar-refractivity contribution < 1.29 is 14.3 Å². The Morgan fingerprint density at radius 3 is 2.17 bits per heavy atom. The van der Waals surface area contributed by atoms with Crippen molar-refractivity contribution in [3.05, 3.63) is 35.1 Å². The van der Waals surface area contributed by atoms with Crippen LogP contribution in [0.1, 0.15) is 133 Å². The lowest BCUT2D eigenvalue weighted by atomic mass is 9.81. The highest BCUT2D eigenvalue weighted by atomic mass is 16.5. The number of hydrogen-bond acceptors (Lipinski definition) is 6. The average Bonchev–Trinajstić information content (AvgIpc) is 3.39. The van der Waals surface area contributed by atoms with Crippen molar-refractivity contribution in [3.8, 4) is 0 Å². The van der Waals surface area contributed by atoms with Crippen LogP contribution in [0.5, 0.6) is 0 Å². The van der Waals surface area contributed by atoms with E-state index < -0.39 is 0 Å². The molecule has 6 heteroatoms. The van der Waals surface area contributed by atoms with Gasteiger partial charge in [-0.2, -0.15) is 0 Å². The van der Waals surface area contributed by atoms with Gasteiger partial charge in [-0.1, -0.05) is 93.4 Å². The van der Waals surface area contributed by atoms with Crippen LogP contribution in [0.3, 0.4) is 0 Å². The molecule has 1 saturated carbocycles. The molecule has 0 aromatic carbocycles. The highest BCUT2D eigenvalue weighted by Crippen LogP contribution is 2.31. The summed E-state index contributed by atoms with van der Waals surface area (Å²) in [6.45, 7) is 18.4. The van der Waals surface area contributed by atoms with Gasteiger partial charge in [-0.3, -0.25) is 19.6 Å². The maximum absolute atomic E-state index is 11.6. The topological polar surface area (TPSA) is 94.1 Å². The van der Waals surface area contributed by atoms with E-state index in [-0.39, 0.29) is 17.6 Å². The fourth-order valence-electron chi connectivity index (χ4n) is 4.43. The first-order chi connectivity index (χ1) is 20.1. The lowest BCUT2D eigenvalue weighted by molar-refractivity contribution is -0.114. The molecule has 1 unspecified atom stereocenters. The third kappa shape index (κ3) is 19.0. The Kier molecular flexibility index (Phi) is 26.2. The average molecular weight is 588 g/mol. The molecule has 42 heavy (non-hydrogen) atoms. The summed E-state index contributed by atoms with van der Waals surface area (Å²) in [4.78, 5) is 31.8. The number of rotatable bonds is 15. The number of hydrogen-bond donors (Lipinski definition) is 1. The molecule has 2 rings (SSSR count). The molecule has 0 spiro atoms. The predicted molar refractivity (Wildman–Crippen MR) is 184 cm³/mol. The van der Waals surface area contributed by atoms with E-state index in [1.165, 1.54) is 38.5 Å². The number of nitrogens with two attached hydrogens (primary N) is 1. The van der Waals surface area contributed by atoms with Crippen LogP contribution in [0.4, 0.5) is 0 Å². The van der Waals surface area contributed by atoms with Crippen LogP contribution in [0.2, 0.25) is 0 Å². The summed E-state index contributed by atoms with van der Waals surface area (Å²) in [6.07, 6.45) is 18.2. The third-order valence-electron chi connectivity index (χ3n) is 7.24. The molecule has 0 bridgehead atoms. The van der Waals surface area contributed by atoms with Gasteiger partial charge in [-0.05, 0) is 74.3 Å². The summed E-state index contributed by atoms with van der Waals surface area (Å²) >= 11 is 0. The molecule has 0 saturated heterocycles. The van der Waals surface area contributed by atoms with Crippen molar-refractivity contribution in [1.82, 2.24) is 0 Å². The molecule has 1 atom stereocenters. The number of aliphatic imine (C=N–C) groups is 2. The molecule has 0 amide bonds. The van der Waals surface area contributed by atoms with E-state index >= 15 is 0 Å². The Morgan fingerprint density at radius 2 is 1.74 bits per heavy atom. The van der Waals surface area contributed by atoms with Gasteiger partial charge in [0.1, 0.15) is 0 Å². The number of carbonyl (C=O) groups excluding carboxylic acids is 2. The maximum atomic E-state index is 11.6. The fraction of sp³-hybridized carbons (Fsp3) is 0.722. The quantitative estimate of drug-likeness (QED) is 0.117. The molecular formula is C36H65N3O3. The van der Waals surface area contributed by atoms with Gasteiger partial charge in [0.15, 0.2) is 11.6 Å². The molecular weight excluding hydrogens is 522 g/mol. The molecule has 2 aliphatic carbocycles. The summed E-state index contributed by atoms with van der Waals surface area (Å²) in [6, 6.07) is 0.286. The zero-order chi connectivity index (χ0) is 32.5. The van der Waals surface area contributed by atoms with Crippen molar-refractivity contribution in [2.75, 3.05) is 20.8 Å². The van der Waals surface area contributed by atoms with Crippen LogP contribution in [0.25, 0.3) is 0 Å². The zero-order valence-corrected chi connectivity index (χ0v) is 29.1. The number of ether oxygens (including phenoxy) is 1. The molecule has 1 fully saturated rings. The van der Waals surface area contributed by atoms with Gasteiger partial charge in [0.2, 0.25) is 0 Å². The van der Waals surface area contributed by atoms with Crippen molar-refractivity contribution in [1.29, 1.82) is 0 Å². The molecule has 2 N–H and O–H groups in total. The van der Waals surface area contributed by atoms with Gasteiger partial charge in [-0.15, -0.1) is 0 Å². The molecule has 6 nitrogen and oxygen atoms in total. The Morgan fingerprint density at radius 1 is 1.10 bits per heavy atom. The van der Waals surface area contributed by atoms with E-state index in [0.29, 0.717) is 18.9 Å². The van der Waals surface area contributed by atoms with Gasteiger partial charge in [0.05, 0.1) is 18.0 Å². The van der Waals surface area contributed by atoms with E-state index in [4.69, 9.17) is 15.5 Å². The van der Waals surface area contributed by atoms with Crippen molar-refractivity contribution in [2.24, 2.45) is 27.6 Å². The van der Waals surface area contributed by atoms with Crippen molar-refractivity contribution >= 4 is 23.0 Å². The number of Topliss-reactive ketones (excluding diaryl/α,β-unsaturated/α-hetero) is 1. The molecule has 242 valence electrons. The highest BCUT2D eigenvalue weighted by molar-refractivity contribution is 6.14. The number of allylic oxidation sites excluding steroid dienone is 5. The standard InChI is InChI=1S/C21H34N2O.C11H19NO2.2C2H6/c1-15(2)20(22)14-21(18-11-12-19(24)13-18)23-16(3)7-4-5-8-17-9-6-10-17;1-5-6-10(9(2)13)7-11(12-3)8-14-4;2*1-2/h13-17H,4-12,22H2,1-3H3;7H,5-6,8H2,1-4H3;2*1-2H3/b20-14-,23-21?;10-7+,12-11?;;. The Balaban J connectivity index is 0. The lowest BCUT2D eigenvalue weighted by Gasteiger charge is -2.25. The van der Waals surface area contributed by atoms with E-state index in [1.807, 2.05) is 39.8 Å². The Bertz CT molecular complexity index is 906. The summed E-state index contributed by atoms with van der Waals surface area (Å²) in [5, 5.41) is 0. The van der Waals surface area contributed by atoms with E-state index in [1.54, 1.807) is 27.2 Å². The molecule has 0 heterocycles. The number of nitrogens with zero attached hydrogens (tertiary/aromatic N) is 2. The van der Waals surface area contributed by atoms with Crippen molar-refractivity contribution in [2.45, 2.75) is 139 Å². The Labute approximate surface area is 259 Å². The summed E-state index contributed by atoms with van der Waals surface area (Å²) < 4.78 is 4.97. The summed E-state index contributed by atoms with van der Waals surface area (Å²) in [5.41, 5.74) is 10.6. The van der Waals surface area contributed by atoms with Gasteiger partial charge in [0, 0.05) is 32.3 Å². The number of methoxy groups -OCH3 is 1. The van der Waals surface area contributed by atoms with Gasteiger partial charge in [0.25, 0.3) is 0 Å². The molecule has 0 aromatic rings. The molecule has 0 aliphatic heterocycles. The first kappa shape index (κ1) is 41.8. The van der Waals surface area contributed by atoms with E-state index in [2.05, 4.69) is 32.7 Å². The molecule has 2 aliphatic rings. The van der Waals surface area contributed by atoms with Gasteiger partial charge < -0.3 is 10.5 Å². The van der Waals surface area contributed by atoms with Crippen LogP contribution in [-0.4, -0.2) is 49.8 Å². The summed E-state index contributed by atoms with van der Waals surface area (Å²) in [7, 11) is 3.32. The highest BCUT2D eigenvalue weighted by Gasteiger charge is 2.18. The molecule has 0 aromatic heterocycles. The second-order valence-corrected chi connectivity index (χ2v) is 11.0. The van der Waals surface area contributed by atoms with Crippen molar-refractivity contribution in [3.63, 3.8) is 0 Å². The Hall–Kier alpha value is -2.34. The van der Waals surface area contributed by atoms with Crippen LogP contribution in [-0.2, 0) is 14.3 Å². The minimum Gasteiger partial charge on any atom is -0.402 e. The van der Waals surface area contributed by atoms with Crippen LogP contribution in [0, 0.1) is 11.8 Å².